The third-order valence-corrected chi connectivity index (χ3v) is 1.72. The summed E-state index contributed by atoms with van der Waals surface area (Å²) < 4.78 is 9.84. The van der Waals surface area contributed by atoms with Crippen LogP contribution in [0.25, 0.3) is 0 Å². The Kier molecular flexibility index (Phi) is 4.43. The van der Waals surface area contributed by atoms with Crippen molar-refractivity contribution in [1.82, 2.24) is 0 Å². The van der Waals surface area contributed by atoms with Crippen LogP contribution < -0.4 is 4.74 Å². The van der Waals surface area contributed by atoms with E-state index in [-0.39, 0.29) is 6.61 Å². The molecule has 0 bridgehead atoms. The normalized spacial score (nSPS) is 9.86. The van der Waals surface area contributed by atoms with Gasteiger partial charge in [-0.2, -0.15) is 0 Å². The summed E-state index contributed by atoms with van der Waals surface area (Å²) in [6, 6.07) is 6.58. The lowest BCUT2D eigenvalue weighted by Gasteiger charge is -2.03. The summed E-state index contributed by atoms with van der Waals surface area (Å²) in [6.07, 6.45) is 0. The molecular formula is C10H11ClO3. The monoisotopic (exact) mass is 214 g/mol. The first-order valence-corrected chi connectivity index (χ1v) is 4.64. The van der Waals surface area contributed by atoms with Crippen molar-refractivity contribution in [3.05, 3.63) is 29.3 Å². The highest BCUT2D eigenvalue weighted by molar-refractivity contribution is 6.30. The second-order valence-electron chi connectivity index (χ2n) is 2.57. The molecule has 3 nitrogen and oxygen atoms in total. The molecule has 0 aliphatic heterocycles. The largest absolute Gasteiger partial charge is 0.425 e. The smallest absolute Gasteiger partial charge is 0.337 e. The molecule has 1 aromatic rings. The van der Waals surface area contributed by atoms with Crippen LogP contribution in [0.1, 0.15) is 6.92 Å². The first-order chi connectivity index (χ1) is 6.72. The van der Waals surface area contributed by atoms with Gasteiger partial charge in [-0.15, -0.1) is 0 Å². The highest BCUT2D eigenvalue weighted by Crippen LogP contribution is 2.15. The number of ether oxygens (including phenoxy) is 2. The summed E-state index contributed by atoms with van der Waals surface area (Å²) in [5.41, 5.74) is 0. The molecule has 0 saturated heterocycles. The molecule has 14 heavy (non-hydrogen) atoms. The molecule has 0 aliphatic rings. The van der Waals surface area contributed by atoms with Crippen LogP contribution in [0.15, 0.2) is 24.3 Å². The zero-order chi connectivity index (χ0) is 10.4. The van der Waals surface area contributed by atoms with Crippen molar-refractivity contribution in [2.45, 2.75) is 6.92 Å². The van der Waals surface area contributed by atoms with Crippen molar-refractivity contribution < 1.29 is 14.3 Å². The van der Waals surface area contributed by atoms with E-state index in [0.717, 1.165) is 0 Å². The minimum atomic E-state index is -0.408. The Labute approximate surface area is 87.6 Å². The van der Waals surface area contributed by atoms with Gasteiger partial charge in [-0.1, -0.05) is 11.6 Å². The van der Waals surface area contributed by atoms with Crippen molar-refractivity contribution in [2.24, 2.45) is 0 Å². The van der Waals surface area contributed by atoms with E-state index in [2.05, 4.69) is 0 Å². The average molecular weight is 215 g/mol. The number of halogens is 1. The molecule has 1 aromatic carbocycles. The van der Waals surface area contributed by atoms with Gasteiger partial charge in [0.1, 0.15) is 12.4 Å². The molecule has 0 spiro atoms. The second-order valence-corrected chi connectivity index (χ2v) is 3.00. The zero-order valence-electron chi connectivity index (χ0n) is 7.83. The van der Waals surface area contributed by atoms with Crippen molar-refractivity contribution in [3.63, 3.8) is 0 Å². The van der Waals surface area contributed by atoms with Gasteiger partial charge in [0.2, 0.25) is 0 Å². The van der Waals surface area contributed by atoms with Gasteiger partial charge >= 0.3 is 5.97 Å². The third-order valence-electron chi connectivity index (χ3n) is 1.47. The van der Waals surface area contributed by atoms with Gasteiger partial charge in [-0.3, -0.25) is 0 Å². The van der Waals surface area contributed by atoms with E-state index in [4.69, 9.17) is 21.1 Å². The predicted octanol–water partition coefficient (Wildman–Crippen LogP) is 2.28. The molecule has 76 valence electrons. The van der Waals surface area contributed by atoms with E-state index in [1.165, 1.54) is 0 Å². The lowest BCUT2D eigenvalue weighted by Crippen LogP contribution is -2.15. The van der Waals surface area contributed by atoms with Gasteiger partial charge in [0.15, 0.2) is 0 Å². The third kappa shape index (κ3) is 3.77. The summed E-state index contributed by atoms with van der Waals surface area (Å²) in [5.74, 6) is 0.0632. The van der Waals surface area contributed by atoms with Crippen LogP contribution in [0.2, 0.25) is 5.02 Å². The number of benzene rings is 1. The van der Waals surface area contributed by atoms with Crippen LogP contribution in [0, 0.1) is 0 Å². The summed E-state index contributed by atoms with van der Waals surface area (Å²) >= 11 is 5.67. The van der Waals surface area contributed by atoms with Crippen LogP contribution in [-0.4, -0.2) is 19.2 Å². The highest BCUT2D eigenvalue weighted by atomic mass is 35.5. The van der Waals surface area contributed by atoms with Gasteiger partial charge in [0.05, 0.1) is 0 Å². The fraction of sp³-hybridized carbons (Fsp3) is 0.300. The first-order valence-electron chi connectivity index (χ1n) is 4.26. The molecule has 0 N–H and O–H groups in total. The Balaban J connectivity index is 2.44. The van der Waals surface area contributed by atoms with Gasteiger partial charge in [-0.25, -0.2) is 4.79 Å². The Morgan fingerprint density at radius 3 is 2.57 bits per heavy atom. The summed E-state index contributed by atoms with van der Waals surface area (Å²) in [6.45, 7) is 2.28. The molecule has 4 heteroatoms. The second kappa shape index (κ2) is 5.62. The summed E-state index contributed by atoms with van der Waals surface area (Å²) in [7, 11) is 0. The molecule has 0 unspecified atom stereocenters. The van der Waals surface area contributed by atoms with Crippen molar-refractivity contribution in [2.75, 3.05) is 13.2 Å². The molecule has 0 radical (unpaired) electrons. The molecule has 0 heterocycles. The summed E-state index contributed by atoms with van der Waals surface area (Å²) in [5, 5.41) is 0.606. The molecule has 1 rings (SSSR count). The first kappa shape index (κ1) is 11.0. The van der Waals surface area contributed by atoms with Crippen LogP contribution in [-0.2, 0) is 9.53 Å². The Morgan fingerprint density at radius 1 is 1.36 bits per heavy atom. The molecule has 0 saturated carbocycles. The summed E-state index contributed by atoms with van der Waals surface area (Å²) in [4.78, 5) is 11.1. The SMILES string of the molecule is CCOCC(=O)Oc1ccc(Cl)cc1. The Hall–Kier alpha value is -1.06. The number of hydrogen-bond donors (Lipinski definition) is 0. The molecule has 0 atom stereocenters. The van der Waals surface area contributed by atoms with Crippen LogP contribution in [0.4, 0.5) is 0 Å². The highest BCUT2D eigenvalue weighted by Gasteiger charge is 2.03. The maximum atomic E-state index is 11.1. The maximum Gasteiger partial charge on any atom is 0.337 e. The van der Waals surface area contributed by atoms with Crippen LogP contribution in [0.5, 0.6) is 5.75 Å². The minimum absolute atomic E-state index is 0.0286. The standard InChI is InChI=1S/C10H11ClO3/c1-2-13-7-10(12)14-9-5-3-8(11)4-6-9/h3-6H,2,7H2,1H3. The number of carbonyl (C=O) groups is 1. The van der Waals surface area contributed by atoms with Crippen molar-refractivity contribution in [1.29, 1.82) is 0 Å². The van der Waals surface area contributed by atoms with Gasteiger partial charge in [-0.05, 0) is 31.2 Å². The molecule has 0 aromatic heterocycles. The molecule has 0 fully saturated rings. The van der Waals surface area contributed by atoms with E-state index in [1.54, 1.807) is 24.3 Å². The van der Waals surface area contributed by atoms with E-state index < -0.39 is 5.97 Å². The predicted molar refractivity (Wildman–Crippen MR) is 53.6 cm³/mol. The lowest BCUT2D eigenvalue weighted by atomic mass is 10.3. The molecule has 0 amide bonds. The van der Waals surface area contributed by atoms with Crippen LogP contribution >= 0.6 is 11.6 Å². The zero-order valence-corrected chi connectivity index (χ0v) is 8.58. The number of hydrogen-bond acceptors (Lipinski definition) is 3. The Morgan fingerprint density at radius 2 is 2.00 bits per heavy atom. The fourth-order valence-corrected chi connectivity index (χ4v) is 0.975. The molecular weight excluding hydrogens is 204 g/mol. The van der Waals surface area contributed by atoms with Crippen molar-refractivity contribution in [3.8, 4) is 5.75 Å². The number of carbonyl (C=O) groups excluding carboxylic acids is 1. The van der Waals surface area contributed by atoms with Gasteiger partial charge in [0.25, 0.3) is 0 Å². The van der Waals surface area contributed by atoms with Gasteiger partial charge in [0, 0.05) is 11.6 Å². The van der Waals surface area contributed by atoms with E-state index in [1.807, 2.05) is 6.92 Å². The topological polar surface area (TPSA) is 35.5 Å². The van der Waals surface area contributed by atoms with Gasteiger partial charge < -0.3 is 9.47 Å². The maximum absolute atomic E-state index is 11.1. The van der Waals surface area contributed by atoms with Crippen LogP contribution in [0.3, 0.4) is 0 Å². The minimum Gasteiger partial charge on any atom is -0.425 e. The van der Waals surface area contributed by atoms with E-state index >= 15 is 0 Å². The lowest BCUT2D eigenvalue weighted by molar-refractivity contribution is -0.139. The average Bonchev–Trinajstić information content (AvgIpc) is 2.18. The quantitative estimate of drug-likeness (QED) is 0.570. The molecule has 0 aliphatic carbocycles. The fourth-order valence-electron chi connectivity index (χ4n) is 0.849. The number of rotatable bonds is 4. The Bertz CT molecular complexity index is 295. The van der Waals surface area contributed by atoms with E-state index in [9.17, 15) is 4.79 Å². The van der Waals surface area contributed by atoms with Crippen molar-refractivity contribution >= 4 is 17.6 Å². The van der Waals surface area contributed by atoms with E-state index in [0.29, 0.717) is 17.4 Å². The number of esters is 1.